The van der Waals surface area contributed by atoms with Crippen LogP contribution in [0.4, 0.5) is 5.69 Å². The van der Waals surface area contributed by atoms with Gasteiger partial charge in [-0.2, -0.15) is 5.26 Å². The first-order valence-corrected chi connectivity index (χ1v) is 8.55. The largest absolute Gasteiger partial charge is 0.507 e. The number of hydrogen-bond donors (Lipinski definition) is 3. The summed E-state index contributed by atoms with van der Waals surface area (Å²) in [5.41, 5.74) is 2.38. The van der Waals surface area contributed by atoms with Crippen molar-refractivity contribution in [3.05, 3.63) is 69.1 Å². The van der Waals surface area contributed by atoms with Crippen molar-refractivity contribution < 1.29 is 9.90 Å². The quantitative estimate of drug-likeness (QED) is 0.620. The van der Waals surface area contributed by atoms with Gasteiger partial charge in [-0.05, 0) is 43.5 Å². The zero-order valence-corrected chi connectivity index (χ0v) is 15.1. The van der Waals surface area contributed by atoms with Crippen molar-refractivity contribution in [2.45, 2.75) is 26.7 Å². The van der Waals surface area contributed by atoms with E-state index in [1.165, 1.54) is 0 Å². The summed E-state index contributed by atoms with van der Waals surface area (Å²) >= 11 is 0. The molecule has 0 aliphatic carbocycles. The van der Waals surface area contributed by atoms with E-state index in [1.807, 2.05) is 24.3 Å². The lowest BCUT2D eigenvalue weighted by atomic mass is 9.99. The topological polar surface area (TPSA) is 106 Å². The van der Waals surface area contributed by atoms with Crippen LogP contribution < -0.4 is 10.9 Å². The van der Waals surface area contributed by atoms with E-state index in [0.717, 1.165) is 10.9 Å². The Morgan fingerprint density at radius 2 is 1.89 bits per heavy atom. The van der Waals surface area contributed by atoms with E-state index < -0.39 is 5.56 Å². The third-order valence-corrected chi connectivity index (χ3v) is 4.70. The van der Waals surface area contributed by atoms with Crippen LogP contribution in [0.2, 0.25) is 0 Å². The van der Waals surface area contributed by atoms with E-state index >= 15 is 0 Å². The first-order chi connectivity index (χ1) is 12.9. The molecule has 1 heterocycles. The molecule has 0 radical (unpaired) electrons. The highest BCUT2D eigenvalue weighted by Gasteiger charge is 2.14. The summed E-state index contributed by atoms with van der Waals surface area (Å²) in [6, 6.07) is 12.4. The van der Waals surface area contributed by atoms with Gasteiger partial charge < -0.3 is 15.4 Å². The predicted octanol–water partition coefficient (Wildman–Crippen LogP) is 3.29. The van der Waals surface area contributed by atoms with Crippen molar-refractivity contribution in [1.29, 1.82) is 5.26 Å². The minimum absolute atomic E-state index is 0.0838. The Hall–Kier alpha value is -3.59. The van der Waals surface area contributed by atoms with E-state index in [1.54, 1.807) is 32.0 Å². The molecule has 0 atom stereocenters. The third kappa shape index (κ3) is 3.53. The van der Waals surface area contributed by atoms with Crippen molar-refractivity contribution in [2.75, 3.05) is 5.32 Å². The standard InChI is InChI=1S/C21H19N3O3/c1-12-14(13(2)23-21(27)17(12)11-22)7-10-20(26)24-18-8-9-19(25)16-6-4-3-5-15(16)18/h3-6,8-9,25H,7,10H2,1-2H3,(H,23,27)(H,24,26). The maximum Gasteiger partial charge on any atom is 0.266 e. The van der Waals surface area contributed by atoms with E-state index in [2.05, 4.69) is 10.3 Å². The second kappa shape index (κ2) is 7.34. The molecule has 1 amide bonds. The lowest BCUT2D eigenvalue weighted by Gasteiger charge is -2.12. The third-order valence-electron chi connectivity index (χ3n) is 4.70. The van der Waals surface area contributed by atoms with Gasteiger partial charge >= 0.3 is 0 Å². The van der Waals surface area contributed by atoms with Gasteiger partial charge in [0.2, 0.25) is 5.91 Å². The molecule has 0 spiro atoms. The molecule has 0 saturated carbocycles. The number of H-pyrrole nitrogens is 1. The average Bonchev–Trinajstić information content (AvgIpc) is 2.64. The molecule has 1 aromatic heterocycles. The highest BCUT2D eigenvalue weighted by molar-refractivity contribution is 6.04. The van der Waals surface area contributed by atoms with Crippen LogP contribution in [0.15, 0.2) is 41.2 Å². The molecular weight excluding hydrogens is 342 g/mol. The van der Waals surface area contributed by atoms with Crippen molar-refractivity contribution in [3.63, 3.8) is 0 Å². The SMILES string of the molecule is Cc1[nH]c(=O)c(C#N)c(C)c1CCC(=O)Nc1ccc(O)c2ccccc12. The van der Waals surface area contributed by atoms with Crippen LogP contribution in [-0.2, 0) is 11.2 Å². The van der Waals surface area contributed by atoms with Crippen LogP contribution in [0, 0.1) is 25.2 Å². The zero-order chi connectivity index (χ0) is 19.6. The number of nitrogens with one attached hydrogen (secondary N) is 2. The van der Waals surface area contributed by atoms with Crippen LogP contribution in [-0.4, -0.2) is 16.0 Å². The highest BCUT2D eigenvalue weighted by atomic mass is 16.3. The predicted molar refractivity (Wildman–Crippen MR) is 104 cm³/mol. The number of nitrogens with zero attached hydrogens (tertiary/aromatic N) is 1. The number of pyridine rings is 1. The normalized spacial score (nSPS) is 10.6. The number of nitriles is 1. The number of carbonyl (C=O) groups excluding carboxylic acids is 1. The molecule has 27 heavy (non-hydrogen) atoms. The summed E-state index contributed by atoms with van der Waals surface area (Å²) in [6.07, 6.45) is 0.610. The van der Waals surface area contributed by atoms with E-state index in [9.17, 15) is 14.7 Å². The van der Waals surface area contributed by atoms with Crippen molar-refractivity contribution in [3.8, 4) is 11.8 Å². The molecule has 2 aromatic carbocycles. The Labute approximate surface area is 156 Å². The Balaban J connectivity index is 1.80. The number of fused-ring (bicyclic) bond motifs is 1. The first-order valence-electron chi connectivity index (χ1n) is 8.55. The van der Waals surface area contributed by atoms with Gasteiger partial charge in [-0.1, -0.05) is 24.3 Å². The molecule has 6 nitrogen and oxygen atoms in total. The fraction of sp³-hybridized carbons (Fsp3) is 0.190. The van der Waals surface area contributed by atoms with Gasteiger partial charge in [-0.3, -0.25) is 9.59 Å². The highest BCUT2D eigenvalue weighted by Crippen LogP contribution is 2.30. The van der Waals surface area contributed by atoms with Crippen LogP contribution in [0.25, 0.3) is 10.8 Å². The van der Waals surface area contributed by atoms with Gasteiger partial charge in [0, 0.05) is 28.6 Å². The molecule has 3 rings (SSSR count). The molecule has 0 saturated heterocycles. The van der Waals surface area contributed by atoms with E-state index in [0.29, 0.717) is 28.8 Å². The van der Waals surface area contributed by atoms with Gasteiger partial charge in [0.15, 0.2) is 0 Å². The minimum atomic E-state index is -0.406. The summed E-state index contributed by atoms with van der Waals surface area (Å²) in [5.74, 6) is -0.0264. The van der Waals surface area contributed by atoms with Crippen LogP contribution >= 0.6 is 0 Å². The summed E-state index contributed by atoms with van der Waals surface area (Å²) in [7, 11) is 0. The monoisotopic (exact) mass is 361 g/mol. The van der Waals surface area contributed by atoms with Gasteiger partial charge in [0.25, 0.3) is 5.56 Å². The van der Waals surface area contributed by atoms with Crippen molar-refractivity contribution >= 4 is 22.4 Å². The van der Waals surface area contributed by atoms with Crippen molar-refractivity contribution in [2.24, 2.45) is 0 Å². The van der Waals surface area contributed by atoms with Crippen molar-refractivity contribution in [1.82, 2.24) is 4.98 Å². The molecule has 0 aliphatic heterocycles. The molecule has 6 heteroatoms. The number of aromatic nitrogens is 1. The smallest absolute Gasteiger partial charge is 0.266 e. The Morgan fingerprint density at radius 1 is 1.19 bits per heavy atom. The lowest BCUT2D eigenvalue weighted by molar-refractivity contribution is -0.116. The molecule has 0 aliphatic rings. The fourth-order valence-electron chi connectivity index (χ4n) is 3.26. The second-order valence-electron chi connectivity index (χ2n) is 6.40. The van der Waals surface area contributed by atoms with Crippen LogP contribution in [0.3, 0.4) is 0 Å². The second-order valence-corrected chi connectivity index (χ2v) is 6.40. The van der Waals surface area contributed by atoms with Crippen LogP contribution in [0.1, 0.15) is 28.8 Å². The van der Waals surface area contributed by atoms with Crippen LogP contribution in [0.5, 0.6) is 5.75 Å². The fourth-order valence-corrected chi connectivity index (χ4v) is 3.26. The van der Waals surface area contributed by atoms with Gasteiger partial charge in [-0.15, -0.1) is 0 Å². The average molecular weight is 361 g/mol. The summed E-state index contributed by atoms with van der Waals surface area (Å²) in [6.45, 7) is 3.48. The van der Waals surface area contributed by atoms with Gasteiger partial charge in [0.1, 0.15) is 17.4 Å². The number of aromatic hydroxyl groups is 1. The number of phenolic OH excluding ortho intramolecular Hbond substituents is 1. The first kappa shape index (κ1) is 18.2. The number of carbonyl (C=O) groups is 1. The molecular formula is C21H19N3O3. The number of anilines is 1. The number of phenols is 1. The summed E-state index contributed by atoms with van der Waals surface area (Å²) in [4.78, 5) is 26.9. The molecule has 0 fully saturated rings. The number of hydrogen-bond acceptors (Lipinski definition) is 4. The molecule has 3 N–H and O–H groups in total. The summed E-state index contributed by atoms with van der Waals surface area (Å²) < 4.78 is 0. The number of rotatable bonds is 4. The number of benzene rings is 2. The summed E-state index contributed by atoms with van der Waals surface area (Å²) in [5, 5.41) is 23.4. The molecule has 0 unspecified atom stereocenters. The molecule has 0 bridgehead atoms. The molecule has 3 aromatic rings. The van der Waals surface area contributed by atoms with E-state index in [4.69, 9.17) is 5.26 Å². The maximum absolute atomic E-state index is 12.4. The van der Waals surface area contributed by atoms with Gasteiger partial charge in [0.05, 0.1) is 0 Å². The Morgan fingerprint density at radius 3 is 2.59 bits per heavy atom. The van der Waals surface area contributed by atoms with E-state index in [-0.39, 0.29) is 23.6 Å². The number of aryl methyl sites for hydroxylation is 1. The number of aromatic amines is 1. The maximum atomic E-state index is 12.4. The zero-order valence-electron chi connectivity index (χ0n) is 15.1. The van der Waals surface area contributed by atoms with Gasteiger partial charge in [-0.25, -0.2) is 0 Å². The Kier molecular flexibility index (Phi) is 4.95. The Bertz CT molecular complexity index is 1140. The minimum Gasteiger partial charge on any atom is -0.507 e. The lowest BCUT2D eigenvalue weighted by Crippen LogP contribution is -2.18. The number of amides is 1. The molecule has 136 valence electrons.